The standard InChI is InChI=1S/C17H25N3O2/c1-3-20-9-5-6-14(12-20)11-18-17(22)19-16-8-4-7-15(10-16)13(2)21/h4,7-8,10,14H,3,5-6,9,11-12H2,1-2H3,(H2,18,19,22). The largest absolute Gasteiger partial charge is 0.338 e. The van der Waals surface area contributed by atoms with E-state index in [0.717, 1.165) is 26.1 Å². The number of piperidine rings is 1. The number of hydrogen-bond donors (Lipinski definition) is 2. The van der Waals surface area contributed by atoms with Crippen molar-refractivity contribution in [1.82, 2.24) is 10.2 Å². The molecule has 1 saturated heterocycles. The molecule has 0 bridgehead atoms. The summed E-state index contributed by atoms with van der Waals surface area (Å²) in [6.45, 7) is 7.66. The zero-order valence-electron chi connectivity index (χ0n) is 13.4. The van der Waals surface area contributed by atoms with Crippen molar-refractivity contribution >= 4 is 17.5 Å². The van der Waals surface area contributed by atoms with Crippen LogP contribution < -0.4 is 10.6 Å². The first-order chi connectivity index (χ1) is 10.6. The fourth-order valence-corrected chi connectivity index (χ4v) is 2.83. The molecule has 1 aliphatic heterocycles. The number of benzene rings is 1. The van der Waals surface area contributed by atoms with Crippen LogP contribution in [0.4, 0.5) is 10.5 Å². The van der Waals surface area contributed by atoms with Crippen LogP contribution in [0.25, 0.3) is 0 Å². The minimum absolute atomic E-state index is 0.00841. The van der Waals surface area contributed by atoms with Crippen LogP contribution in [0.5, 0.6) is 0 Å². The summed E-state index contributed by atoms with van der Waals surface area (Å²) in [5, 5.41) is 5.72. The lowest BCUT2D eigenvalue weighted by Gasteiger charge is -2.31. The molecule has 0 aliphatic carbocycles. The molecule has 2 N–H and O–H groups in total. The molecule has 0 saturated carbocycles. The lowest BCUT2D eigenvalue weighted by atomic mass is 9.98. The van der Waals surface area contributed by atoms with Gasteiger partial charge in [0.15, 0.2) is 5.78 Å². The van der Waals surface area contributed by atoms with E-state index in [-0.39, 0.29) is 11.8 Å². The maximum atomic E-state index is 12.0. The van der Waals surface area contributed by atoms with Crippen LogP contribution in [0.1, 0.15) is 37.0 Å². The molecule has 1 aromatic rings. The highest BCUT2D eigenvalue weighted by Gasteiger charge is 2.19. The van der Waals surface area contributed by atoms with Crippen molar-refractivity contribution < 1.29 is 9.59 Å². The van der Waals surface area contributed by atoms with Gasteiger partial charge < -0.3 is 15.5 Å². The van der Waals surface area contributed by atoms with Gasteiger partial charge in [0.25, 0.3) is 0 Å². The van der Waals surface area contributed by atoms with Crippen LogP contribution in [0.15, 0.2) is 24.3 Å². The van der Waals surface area contributed by atoms with Gasteiger partial charge in [-0.1, -0.05) is 19.1 Å². The SMILES string of the molecule is CCN1CCCC(CNC(=O)Nc2cccc(C(C)=O)c2)C1. The van der Waals surface area contributed by atoms with Crippen LogP contribution in [0.2, 0.25) is 0 Å². The van der Waals surface area contributed by atoms with E-state index in [1.807, 2.05) is 0 Å². The summed E-state index contributed by atoms with van der Waals surface area (Å²) in [5.74, 6) is 0.508. The van der Waals surface area contributed by atoms with Crippen molar-refractivity contribution in [2.75, 3.05) is 31.5 Å². The van der Waals surface area contributed by atoms with E-state index < -0.39 is 0 Å². The summed E-state index contributed by atoms with van der Waals surface area (Å²) in [6.07, 6.45) is 2.36. The average Bonchev–Trinajstić information content (AvgIpc) is 2.53. The number of anilines is 1. The van der Waals surface area contributed by atoms with E-state index in [9.17, 15) is 9.59 Å². The number of nitrogens with zero attached hydrogens (tertiary/aromatic N) is 1. The number of nitrogens with one attached hydrogen (secondary N) is 2. The number of hydrogen-bond acceptors (Lipinski definition) is 3. The zero-order chi connectivity index (χ0) is 15.9. The Hall–Kier alpha value is -1.88. The van der Waals surface area contributed by atoms with Crippen molar-refractivity contribution in [3.63, 3.8) is 0 Å². The third kappa shape index (κ3) is 4.84. The minimum Gasteiger partial charge on any atom is -0.338 e. The highest BCUT2D eigenvalue weighted by Crippen LogP contribution is 2.15. The highest BCUT2D eigenvalue weighted by molar-refractivity contribution is 5.96. The molecule has 2 amide bonds. The second-order valence-electron chi connectivity index (χ2n) is 5.87. The fraction of sp³-hybridized carbons (Fsp3) is 0.529. The summed E-state index contributed by atoms with van der Waals surface area (Å²) in [7, 11) is 0. The predicted octanol–water partition coefficient (Wildman–Crippen LogP) is 2.74. The van der Waals surface area contributed by atoms with Gasteiger partial charge in [0.1, 0.15) is 0 Å². The Morgan fingerprint density at radius 3 is 2.91 bits per heavy atom. The third-order valence-corrected chi connectivity index (χ3v) is 4.13. The van der Waals surface area contributed by atoms with Crippen LogP contribution in [-0.2, 0) is 0 Å². The maximum Gasteiger partial charge on any atom is 0.319 e. The second kappa shape index (κ2) is 7.94. The number of amides is 2. The Morgan fingerprint density at radius 2 is 2.18 bits per heavy atom. The van der Waals surface area contributed by atoms with Gasteiger partial charge in [-0.3, -0.25) is 4.79 Å². The Balaban J connectivity index is 1.80. The average molecular weight is 303 g/mol. The molecule has 1 unspecified atom stereocenters. The van der Waals surface area contributed by atoms with E-state index >= 15 is 0 Å². The van der Waals surface area contributed by atoms with Crippen molar-refractivity contribution in [3.05, 3.63) is 29.8 Å². The number of rotatable bonds is 5. The van der Waals surface area contributed by atoms with Gasteiger partial charge in [0.2, 0.25) is 0 Å². The van der Waals surface area contributed by atoms with Crippen molar-refractivity contribution in [1.29, 1.82) is 0 Å². The third-order valence-electron chi connectivity index (χ3n) is 4.13. The first-order valence-corrected chi connectivity index (χ1v) is 7.96. The monoisotopic (exact) mass is 303 g/mol. The summed E-state index contributed by atoms with van der Waals surface area (Å²) in [6, 6.07) is 6.78. The van der Waals surface area contributed by atoms with Gasteiger partial charge in [0.05, 0.1) is 0 Å². The topological polar surface area (TPSA) is 61.4 Å². The molecule has 5 heteroatoms. The molecule has 1 aromatic carbocycles. The second-order valence-corrected chi connectivity index (χ2v) is 5.87. The predicted molar refractivity (Wildman–Crippen MR) is 88.3 cm³/mol. The van der Waals surface area contributed by atoms with Crippen molar-refractivity contribution in [3.8, 4) is 0 Å². The number of Topliss-reactive ketones (excluding diaryl/α,β-unsaturated/α-hetero) is 1. The van der Waals surface area contributed by atoms with Gasteiger partial charge in [-0.2, -0.15) is 0 Å². The molecule has 120 valence electrons. The van der Waals surface area contributed by atoms with Gasteiger partial charge in [0, 0.05) is 24.3 Å². The number of likely N-dealkylation sites (tertiary alicyclic amines) is 1. The number of carbonyl (C=O) groups is 2. The first kappa shape index (κ1) is 16.5. The number of urea groups is 1. The van der Waals surface area contributed by atoms with E-state index in [1.165, 1.54) is 13.3 Å². The van der Waals surface area contributed by atoms with Crippen LogP contribution in [-0.4, -0.2) is 42.9 Å². The zero-order valence-corrected chi connectivity index (χ0v) is 13.4. The molecule has 1 fully saturated rings. The molecular weight excluding hydrogens is 278 g/mol. The van der Waals surface area contributed by atoms with Crippen LogP contribution >= 0.6 is 0 Å². The van der Waals surface area contributed by atoms with E-state index in [4.69, 9.17) is 0 Å². The van der Waals surface area contributed by atoms with E-state index in [1.54, 1.807) is 24.3 Å². The Morgan fingerprint density at radius 1 is 1.36 bits per heavy atom. The summed E-state index contributed by atoms with van der Waals surface area (Å²) in [4.78, 5) is 25.7. The van der Waals surface area contributed by atoms with Gasteiger partial charge >= 0.3 is 6.03 Å². The minimum atomic E-state index is -0.214. The molecular formula is C17H25N3O2. The Bertz CT molecular complexity index is 530. The number of ketones is 1. The van der Waals surface area contributed by atoms with Crippen molar-refractivity contribution in [2.45, 2.75) is 26.7 Å². The quantitative estimate of drug-likeness (QED) is 0.822. The maximum absolute atomic E-state index is 12.0. The smallest absolute Gasteiger partial charge is 0.319 e. The molecule has 5 nitrogen and oxygen atoms in total. The molecule has 1 aliphatic rings. The molecule has 2 rings (SSSR count). The lowest BCUT2D eigenvalue weighted by Crippen LogP contribution is -2.41. The Kier molecular flexibility index (Phi) is 5.95. The van der Waals surface area contributed by atoms with Crippen LogP contribution in [0, 0.1) is 5.92 Å². The first-order valence-electron chi connectivity index (χ1n) is 7.96. The van der Waals surface area contributed by atoms with Gasteiger partial charge in [-0.25, -0.2) is 4.79 Å². The lowest BCUT2D eigenvalue weighted by molar-refractivity contribution is 0.101. The van der Waals surface area contributed by atoms with E-state index in [0.29, 0.717) is 23.7 Å². The molecule has 1 atom stereocenters. The Labute approximate surface area is 132 Å². The van der Waals surface area contributed by atoms with Crippen molar-refractivity contribution in [2.24, 2.45) is 5.92 Å². The molecule has 1 heterocycles. The van der Waals surface area contributed by atoms with Gasteiger partial charge in [-0.05, 0) is 50.9 Å². The molecule has 0 spiro atoms. The van der Waals surface area contributed by atoms with Gasteiger partial charge in [-0.15, -0.1) is 0 Å². The number of carbonyl (C=O) groups excluding carboxylic acids is 2. The fourth-order valence-electron chi connectivity index (χ4n) is 2.83. The highest BCUT2D eigenvalue weighted by atomic mass is 16.2. The summed E-state index contributed by atoms with van der Waals surface area (Å²) in [5.41, 5.74) is 1.24. The molecule has 0 aromatic heterocycles. The van der Waals surface area contributed by atoms with E-state index in [2.05, 4.69) is 22.5 Å². The normalized spacial score (nSPS) is 18.7. The summed E-state index contributed by atoms with van der Waals surface area (Å²) < 4.78 is 0. The van der Waals surface area contributed by atoms with Crippen LogP contribution in [0.3, 0.4) is 0 Å². The summed E-state index contributed by atoms with van der Waals surface area (Å²) >= 11 is 0. The molecule has 22 heavy (non-hydrogen) atoms. The molecule has 0 radical (unpaired) electrons.